The fourth-order valence-electron chi connectivity index (χ4n) is 2.08. The van der Waals surface area contributed by atoms with Gasteiger partial charge in [0.1, 0.15) is 5.82 Å². The molecule has 0 aromatic carbocycles. The number of fused-ring (bicyclic) bond motifs is 1. The maximum Gasteiger partial charge on any atom is 0.309 e. The van der Waals surface area contributed by atoms with Crippen molar-refractivity contribution in [2.75, 3.05) is 6.61 Å². The Hall–Kier alpha value is -1.45. The maximum atomic E-state index is 13.7. The number of aromatic nitrogens is 1. The summed E-state index contributed by atoms with van der Waals surface area (Å²) in [5.74, 6) is -0.756. The maximum absolute atomic E-state index is 13.7. The molecule has 86 valence electrons. The summed E-state index contributed by atoms with van der Waals surface area (Å²) in [5.41, 5.74) is 1.86. The average Bonchev–Trinajstić information content (AvgIpc) is 2.69. The minimum Gasteiger partial charge on any atom is -0.466 e. The van der Waals surface area contributed by atoms with Crippen molar-refractivity contribution in [1.29, 1.82) is 0 Å². The molecule has 3 nitrogen and oxygen atoms in total. The number of esters is 1. The van der Waals surface area contributed by atoms with Gasteiger partial charge in [-0.15, -0.1) is 0 Å². The fraction of sp³-hybridized carbons (Fsp3) is 0.500. The molecule has 1 aliphatic carbocycles. The van der Waals surface area contributed by atoms with Gasteiger partial charge in [-0.2, -0.15) is 0 Å². The summed E-state index contributed by atoms with van der Waals surface area (Å²) < 4.78 is 18.7. The van der Waals surface area contributed by atoms with E-state index in [1.807, 2.05) is 0 Å². The van der Waals surface area contributed by atoms with Crippen molar-refractivity contribution in [2.45, 2.75) is 26.7 Å². The van der Waals surface area contributed by atoms with Crippen LogP contribution in [-0.4, -0.2) is 17.6 Å². The van der Waals surface area contributed by atoms with Crippen LogP contribution in [0.2, 0.25) is 0 Å². The third kappa shape index (κ3) is 1.79. The van der Waals surface area contributed by atoms with E-state index in [-0.39, 0.29) is 17.7 Å². The third-order valence-electron chi connectivity index (χ3n) is 2.92. The van der Waals surface area contributed by atoms with Crippen LogP contribution in [0.1, 0.15) is 23.7 Å². The van der Waals surface area contributed by atoms with Gasteiger partial charge in [0.05, 0.1) is 18.2 Å². The van der Waals surface area contributed by atoms with Crippen molar-refractivity contribution in [1.82, 2.24) is 4.98 Å². The molecule has 0 radical (unpaired) electrons. The molecule has 2 rings (SSSR count). The normalized spacial score (nSPS) is 18.3. The van der Waals surface area contributed by atoms with E-state index < -0.39 is 0 Å². The number of hydrogen-bond acceptors (Lipinski definition) is 3. The molecule has 1 unspecified atom stereocenters. The summed E-state index contributed by atoms with van der Waals surface area (Å²) in [6.07, 6.45) is 2.63. The Bertz CT molecular complexity index is 431. The molecule has 0 amide bonds. The molecule has 1 atom stereocenters. The number of nitrogens with zero attached hydrogens (tertiary/aromatic N) is 1. The van der Waals surface area contributed by atoms with Gasteiger partial charge in [0, 0.05) is 6.20 Å². The third-order valence-corrected chi connectivity index (χ3v) is 2.92. The van der Waals surface area contributed by atoms with Gasteiger partial charge in [-0.25, -0.2) is 4.39 Å². The van der Waals surface area contributed by atoms with E-state index in [2.05, 4.69) is 4.98 Å². The molecule has 0 saturated carbocycles. The molecule has 16 heavy (non-hydrogen) atoms. The van der Waals surface area contributed by atoms with Gasteiger partial charge in [0.25, 0.3) is 0 Å². The Morgan fingerprint density at radius 1 is 1.62 bits per heavy atom. The summed E-state index contributed by atoms with van der Waals surface area (Å²) in [7, 11) is 0. The van der Waals surface area contributed by atoms with Crippen molar-refractivity contribution in [3.05, 3.63) is 28.8 Å². The summed E-state index contributed by atoms with van der Waals surface area (Å²) in [4.78, 5) is 15.5. The standard InChI is InChI=1S/C12H14FNO2/c1-3-16-12(15)8-4-9-6-14-7(2)11(13)10(9)5-8/h6,8H,3-5H2,1-2H3. The van der Waals surface area contributed by atoms with E-state index in [0.29, 0.717) is 30.7 Å². The first kappa shape index (κ1) is 11.0. The van der Waals surface area contributed by atoms with E-state index in [9.17, 15) is 9.18 Å². The zero-order chi connectivity index (χ0) is 11.7. The van der Waals surface area contributed by atoms with Gasteiger partial charge in [-0.05, 0) is 37.8 Å². The van der Waals surface area contributed by atoms with E-state index in [0.717, 1.165) is 5.56 Å². The summed E-state index contributed by atoms with van der Waals surface area (Å²) in [6, 6.07) is 0. The van der Waals surface area contributed by atoms with Gasteiger partial charge in [0.2, 0.25) is 0 Å². The summed E-state index contributed by atoms with van der Waals surface area (Å²) >= 11 is 0. The van der Waals surface area contributed by atoms with Gasteiger partial charge in [0.15, 0.2) is 0 Å². The van der Waals surface area contributed by atoms with Crippen molar-refractivity contribution in [3.8, 4) is 0 Å². The van der Waals surface area contributed by atoms with Crippen molar-refractivity contribution in [3.63, 3.8) is 0 Å². The van der Waals surface area contributed by atoms with Crippen LogP contribution in [0.25, 0.3) is 0 Å². The van der Waals surface area contributed by atoms with Crippen LogP contribution in [0.3, 0.4) is 0 Å². The highest BCUT2D eigenvalue weighted by molar-refractivity contribution is 5.74. The first-order chi connectivity index (χ1) is 7.63. The molecule has 0 bridgehead atoms. The lowest BCUT2D eigenvalue weighted by Gasteiger charge is -2.06. The van der Waals surface area contributed by atoms with Crippen molar-refractivity contribution >= 4 is 5.97 Å². The average molecular weight is 223 g/mol. The van der Waals surface area contributed by atoms with E-state index in [1.165, 1.54) is 0 Å². The topological polar surface area (TPSA) is 39.2 Å². The molecule has 1 aromatic heterocycles. The SMILES string of the molecule is CCOC(=O)C1Cc2cnc(C)c(F)c2C1. The van der Waals surface area contributed by atoms with Crippen LogP contribution < -0.4 is 0 Å². The molecule has 1 aliphatic rings. The number of carbonyl (C=O) groups is 1. The van der Waals surface area contributed by atoms with Crippen LogP contribution >= 0.6 is 0 Å². The highest BCUT2D eigenvalue weighted by Crippen LogP contribution is 2.29. The lowest BCUT2D eigenvalue weighted by molar-refractivity contribution is -0.147. The minimum absolute atomic E-state index is 0.240. The fourth-order valence-corrected chi connectivity index (χ4v) is 2.08. The second-order valence-corrected chi connectivity index (χ2v) is 4.02. The first-order valence-electron chi connectivity index (χ1n) is 5.43. The van der Waals surface area contributed by atoms with Crippen LogP contribution in [0.15, 0.2) is 6.20 Å². The van der Waals surface area contributed by atoms with Crippen molar-refractivity contribution < 1.29 is 13.9 Å². The molecule has 4 heteroatoms. The van der Waals surface area contributed by atoms with E-state index in [1.54, 1.807) is 20.0 Å². The Labute approximate surface area is 93.6 Å². The Morgan fingerprint density at radius 3 is 3.06 bits per heavy atom. The quantitative estimate of drug-likeness (QED) is 0.718. The van der Waals surface area contributed by atoms with Crippen LogP contribution in [0, 0.1) is 18.7 Å². The number of carbonyl (C=O) groups excluding carboxylic acids is 1. The molecular weight excluding hydrogens is 209 g/mol. The largest absolute Gasteiger partial charge is 0.466 e. The number of hydrogen-bond donors (Lipinski definition) is 0. The predicted molar refractivity (Wildman–Crippen MR) is 56.5 cm³/mol. The Kier molecular flexibility index (Phi) is 2.90. The first-order valence-corrected chi connectivity index (χ1v) is 5.43. The summed E-state index contributed by atoms with van der Waals surface area (Å²) in [6.45, 7) is 3.77. The monoisotopic (exact) mass is 223 g/mol. The molecule has 0 aliphatic heterocycles. The van der Waals surface area contributed by atoms with Crippen LogP contribution in [-0.2, 0) is 22.4 Å². The highest BCUT2D eigenvalue weighted by Gasteiger charge is 2.31. The Balaban J connectivity index is 2.21. The van der Waals surface area contributed by atoms with Crippen LogP contribution in [0.4, 0.5) is 4.39 Å². The number of aryl methyl sites for hydroxylation is 1. The van der Waals surface area contributed by atoms with Gasteiger partial charge >= 0.3 is 5.97 Å². The molecular formula is C12H14FNO2. The van der Waals surface area contributed by atoms with E-state index in [4.69, 9.17) is 4.74 Å². The number of pyridine rings is 1. The molecule has 0 N–H and O–H groups in total. The van der Waals surface area contributed by atoms with E-state index >= 15 is 0 Å². The highest BCUT2D eigenvalue weighted by atomic mass is 19.1. The molecule has 1 heterocycles. The predicted octanol–water partition coefficient (Wildman–Crippen LogP) is 1.81. The lowest BCUT2D eigenvalue weighted by Crippen LogP contribution is -2.17. The second-order valence-electron chi connectivity index (χ2n) is 4.02. The number of rotatable bonds is 2. The summed E-state index contributed by atoms with van der Waals surface area (Å²) in [5, 5.41) is 0. The minimum atomic E-state index is -0.274. The zero-order valence-electron chi connectivity index (χ0n) is 9.42. The molecule has 1 aromatic rings. The lowest BCUT2D eigenvalue weighted by atomic mass is 10.1. The Morgan fingerprint density at radius 2 is 2.38 bits per heavy atom. The van der Waals surface area contributed by atoms with Gasteiger partial charge in [-0.1, -0.05) is 0 Å². The zero-order valence-corrected chi connectivity index (χ0v) is 9.42. The van der Waals surface area contributed by atoms with Gasteiger partial charge in [-0.3, -0.25) is 9.78 Å². The second kappa shape index (κ2) is 4.20. The molecule has 0 fully saturated rings. The number of halogens is 1. The number of ether oxygens (including phenoxy) is 1. The van der Waals surface area contributed by atoms with Crippen molar-refractivity contribution in [2.24, 2.45) is 5.92 Å². The van der Waals surface area contributed by atoms with Crippen LogP contribution in [0.5, 0.6) is 0 Å². The molecule has 0 saturated heterocycles. The van der Waals surface area contributed by atoms with Gasteiger partial charge < -0.3 is 4.74 Å². The smallest absolute Gasteiger partial charge is 0.309 e. The molecule has 0 spiro atoms.